The first-order valence-corrected chi connectivity index (χ1v) is 8.24. The largest absolute Gasteiger partial charge is 0.340 e. The lowest BCUT2D eigenvalue weighted by Crippen LogP contribution is -2.70. The molecule has 5 aliphatic rings. The smallest absolute Gasteiger partial charge is 0.201 e. The summed E-state index contributed by atoms with van der Waals surface area (Å²) in [7, 11) is 0. The van der Waals surface area contributed by atoms with Gasteiger partial charge in [-0.3, -0.25) is 0 Å². The van der Waals surface area contributed by atoms with Gasteiger partial charge in [-0.05, 0) is 49.5 Å². The van der Waals surface area contributed by atoms with Crippen molar-refractivity contribution >= 4 is 0 Å². The van der Waals surface area contributed by atoms with Gasteiger partial charge < -0.3 is 9.47 Å². The number of rotatable bonds is 1. The third-order valence-corrected chi connectivity index (χ3v) is 6.29. The molecule has 5 rings (SSSR count). The summed E-state index contributed by atoms with van der Waals surface area (Å²) in [6.07, 6.45) is 2.92. The van der Waals surface area contributed by atoms with Crippen molar-refractivity contribution in [2.75, 3.05) is 0 Å². The van der Waals surface area contributed by atoms with Gasteiger partial charge in [-0.25, -0.2) is 9.78 Å². The van der Waals surface area contributed by atoms with Gasteiger partial charge >= 0.3 is 0 Å². The van der Waals surface area contributed by atoms with E-state index in [-0.39, 0.29) is 11.8 Å². The highest BCUT2D eigenvalue weighted by atomic mass is 17.3. The molecule has 5 fully saturated rings. The van der Waals surface area contributed by atoms with Gasteiger partial charge in [-0.2, -0.15) is 0 Å². The van der Waals surface area contributed by atoms with E-state index in [1.54, 1.807) is 0 Å². The summed E-state index contributed by atoms with van der Waals surface area (Å²) in [6.45, 7) is 6.24. The molecule has 1 aliphatic carbocycles. The summed E-state index contributed by atoms with van der Waals surface area (Å²) in [5, 5.41) is 3.84. The van der Waals surface area contributed by atoms with E-state index in [0.29, 0.717) is 11.8 Å². The van der Waals surface area contributed by atoms with E-state index >= 15 is 0 Å². The number of ether oxygens (including phenoxy) is 2. The molecule has 0 aromatic rings. The van der Waals surface area contributed by atoms with Crippen LogP contribution in [0.5, 0.6) is 0 Å². The van der Waals surface area contributed by atoms with Crippen molar-refractivity contribution in [2.24, 2.45) is 28.8 Å². The van der Waals surface area contributed by atoms with Gasteiger partial charge in [0, 0.05) is 17.3 Å². The van der Waals surface area contributed by atoms with Crippen molar-refractivity contribution in [2.45, 2.75) is 70.4 Å². The Bertz CT molecular complexity index is 525. The molecule has 0 unspecified atom stereocenters. The molecule has 4 aliphatic heterocycles. The molecule has 7 heteroatoms. The second kappa shape index (κ2) is 4.82. The van der Waals surface area contributed by atoms with Crippen LogP contribution in [-0.4, -0.2) is 23.9 Å². The van der Waals surface area contributed by atoms with Crippen LogP contribution in [-0.2, 0) is 19.2 Å². The lowest BCUT2D eigenvalue weighted by molar-refractivity contribution is -0.570. The van der Waals surface area contributed by atoms with Crippen molar-refractivity contribution in [3.8, 4) is 0 Å². The minimum atomic E-state index is -0.779. The van der Waals surface area contributed by atoms with E-state index < -0.39 is 23.9 Å². The Balaban J connectivity index is 1.80. The number of nitrogens with zero attached hydrogens (tertiary/aromatic N) is 3. The van der Waals surface area contributed by atoms with E-state index in [1.165, 1.54) is 0 Å². The minimum absolute atomic E-state index is 0.0804. The van der Waals surface area contributed by atoms with E-state index in [0.717, 1.165) is 25.7 Å². The Labute approximate surface area is 129 Å². The van der Waals surface area contributed by atoms with Crippen molar-refractivity contribution in [3.63, 3.8) is 0 Å². The fourth-order valence-corrected chi connectivity index (χ4v) is 5.07. The van der Waals surface area contributed by atoms with Crippen molar-refractivity contribution in [1.29, 1.82) is 0 Å². The lowest BCUT2D eigenvalue weighted by atomic mass is 9.58. The van der Waals surface area contributed by atoms with Crippen LogP contribution < -0.4 is 0 Å². The SMILES string of the molecule is C[C@H]1[C@H](N=[N+]=[N-])O[C@@H]2O[C@]3(C)CC[C@H]4[C@H](C)CC[C@@H]1[C@@]24OO3. The predicted octanol–water partition coefficient (Wildman–Crippen LogP) is 3.50. The second-order valence-electron chi connectivity index (χ2n) is 7.50. The molecule has 7 nitrogen and oxygen atoms in total. The summed E-state index contributed by atoms with van der Waals surface area (Å²) in [5.74, 6) is 0.398. The van der Waals surface area contributed by atoms with Crippen LogP contribution in [0.1, 0.15) is 46.5 Å². The van der Waals surface area contributed by atoms with Gasteiger partial charge in [-0.15, -0.1) is 0 Å². The van der Waals surface area contributed by atoms with E-state index in [1.807, 2.05) is 6.92 Å². The monoisotopic (exact) mass is 309 g/mol. The number of fused-ring (bicyclic) bond motifs is 2. The molecule has 8 atom stereocenters. The zero-order valence-electron chi connectivity index (χ0n) is 13.3. The van der Waals surface area contributed by atoms with Gasteiger partial charge in [0.15, 0.2) is 11.9 Å². The molecule has 1 saturated carbocycles. The van der Waals surface area contributed by atoms with Gasteiger partial charge in [0.1, 0.15) is 6.23 Å². The fourth-order valence-electron chi connectivity index (χ4n) is 5.07. The maximum absolute atomic E-state index is 8.82. The zero-order chi connectivity index (χ0) is 15.5. The first-order valence-electron chi connectivity index (χ1n) is 8.24. The Hall–Kier alpha value is -0.850. The number of hydrogen-bond acceptors (Lipinski definition) is 5. The van der Waals surface area contributed by atoms with Gasteiger partial charge in [-0.1, -0.05) is 19.0 Å². The molecule has 4 saturated heterocycles. The summed E-state index contributed by atoms with van der Waals surface area (Å²) in [6, 6.07) is 0. The molecule has 0 radical (unpaired) electrons. The molecule has 0 aromatic carbocycles. The molecule has 0 aromatic heterocycles. The maximum Gasteiger partial charge on any atom is 0.201 e. The third kappa shape index (κ3) is 1.80. The summed E-state index contributed by atoms with van der Waals surface area (Å²) >= 11 is 0. The lowest BCUT2D eigenvalue weighted by Gasteiger charge is -2.60. The van der Waals surface area contributed by atoms with E-state index in [4.69, 9.17) is 24.8 Å². The maximum atomic E-state index is 8.82. The summed E-state index contributed by atoms with van der Waals surface area (Å²) < 4.78 is 12.2. The van der Waals surface area contributed by atoms with Crippen molar-refractivity contribution in [3.05, 3.63) is 10.4 Å². The Morgan fingerprint density at radius 3 is 2.73 bits per heavy atom. The number of azide groups is 1. The summed E-state index contributed by atoms with van der Waals surface area (Å²) in [4.78, 5) is 14.7. The summed E-state index contributed by atoms with van der Waals surface area (Å²) in [5.41, 5.74) is 8.24. The highest BCUT2D eigenvalue weighted by molar-refractivity contribution is 5.09. The van der Waals surface area contributed by atoms with E-state index in [9.17, 15) is 0 Å². The molecular formula is C15H23N3O4. The molecule has 22 heavy (non-hydrogen) atoms. The topological polar surface area (TPSA) is 85.7 Å². The molecule has 4 heterocycles. The third-order valence-electron chi connectivity index (χ3n) is 6.29. The fraction of sp³-hybridized carbons (Fsp3) is 1.00. The molecular weight excluding hydrogens is 286 g/mol. The van der Waals surface area contributed by atoms with Crippen LogP contribution in [0, 0.1) is 23.7 Å². The molecule has 2 bridgehead atoms. The molecule has 1 spiro atoms. The molecule has 122 valence electrons. The normalized spacial score (nSPS) is 56.7. The van der Waals surface area contributed by atoms with Crippen LogP contribution in [0.3, 0.4) is 0 Å². The Morgan fingerprint density at radius 1 is 1.14 bits per heavy atom. The first-order chi connectivity index (χ1) is 10.5. The zero-order valence-corrected chi connectivity index (χ0v) is 13.3. The predicted molar refractivity (Wildman–Crippen MR) is 76.0 cm³/mol. The van der Waals surface area contributed by atoms with Crippen LogP contribution in [0.4, 0.5) is 0 Å². The van der Waals surface area contributed by atoms with E-state index in [2.05, 4.69) is 23.9 Å². The highest BCUT2D eigenvalue weighted by Gasteiger charge is 2.69. The standard InChI is InChI=1S/C15H23N3O4/c1-8-4-5-11-9(2)12(17-18-16)19-13-15(11)10(8)6-7-14(3,20-13)21-22-15/h8-13H,4-7H2,1-3H3/t8-,9-,10+,11+,12-,13-,14+,15-/m1/s1. The molecule has 0 amide bonds. The van der Waals surface area contributed by atoms with Gasteiger partial charge in [0.2, 0.25) is 5.79 Å². The van der Waals surface area contributed by atoms with Crippen molar-refractivity contribution < 1.29 is 19.2 Å². The Morgan fingerprint density at radius 2 is 1.95 bits per heavy atom. The number of hydrogen-bond donors (Lipinski definition) is 0. The van der Waals surface area contributed by atoms with Crippen LogP contribution in [0.25, 0.3) is 10.4 Å². The van der Waals surface area contributed by atoms with Gasteiger partial charge in [0.25, 0.3) is 0 Å². The van der Waals surface area contributed by atoms with Crippen LogP contribution in [0.15, 0.2) is 5.11 Å². The molecule has 0 N–H and O–H groups in total. The second-order valence-corrected chi connectivity index (χ2v) is 7.50. The first kappa shape index (κ1) is 14.7. The van der Waals surface area contributed by atoms with Gasteiger partial charge in [0.05, 0.1) is 0 Å². The van der Waals surface area contributed by atoms with Crippen molar-refractivity contribution in [1.82, 2.24) is 0 Å². The minimum Gasteiger partial charge on any atom is -0.340 e. The van der Waals surface area contributed by atoms with Crippen LogP contribution >= 0.6 is 0 Å². The van der Waals surface area contributed by atoms with Crippen LogP contribution in [0.2, 0.25) is 0 Å². The average molecular weight is 309 g/mol. The quantitative estimate of drug-likeness (QED) is 0.321. The highest BCUT2D eigenvalue weighted by Crippen LogP contribution is 2.60. The average Bonchev–Trinajstić information content (AvgIpc) is 2.71. The Kier molecular flexibility index (Phi) is 3.23.